The molecule has 1 aliphatic heterocycles. The highest BCUT2D eigenvalue weighted by atomic mass is 79.9. The summed E-state index contributed by atoms with van der Waals surface area (Å²) in [6.07, 6.45) is 2.00. The number of halogens is 2. The van der Waals surface area contributed by atoms with Gasteiger partial charge in [0.15, 0.2) is 0 Å². The first-order valence-corrected chi connectivity index (χ1v) is 7.01. The minimum absolute atomic E-state index is 0.387. The van der Waals surface area contributed by atoms with E-state index in [-0.39, 0.29) is 5.54 Å². The average Bonchev–Trinajstić information content (AvgIpc) is 2.29. The first kappa shape index (κ1) is 13.3. The summed E-state index contributed by atoms with van der Waals surface area (Å²) in [5.74, 6) is 0.426. The first-order chi connectivity index (χ1) is 8.01. The molecule has 1 heterocycles. The zero-order chi connectivity index (χ0) is 12.5. The van der Waals surface area contributed by atoms with Crippen LogP contribution in [0.5, 0.6) is 0 Å². The molecule has 0 aromatic heterocycles. The molecule has 0 bridgehead atoms. The Morgan fingerprint density at radius 1 is 1.41 bits per heavy atom. The normalized spacial score (nSPS) is 21.2. The van der Waals surface area contributed by atoms with Gasteiger partial charge in [-0.15, -0.1) is 0 Å². The van der Waals surface area contributed by atoms with Gasteiger partial charge in [0.1, 0.15) is 0 Å². The average molecular weight is 319 g/mol. The highest BCUT2D eigenvalue weighted by molar-refractivity contribution is 9.10. The second kappa shape index (κ2) is 5.27. The van der Waals surface area contributed by atoms with E-state index in [2.05, 4.69) is 22.9 Å². The Hall–Kier alpha value is -0.0900. The van der Waals surface area contributed by atoms with E-state index in [0.29, 0.717) is 5.92 Å². The predicted octanol–water partition coefficient (Wildman–Crippen LogP) is 3.70. The third-order valence-electron chi connectivity index (χ3n) is 3.58. The number of rotatable bonds is 2. The number of hydrogen-bond donors (Lipinski definition) is 1. The van der Waals surface area contributed by atoms with E-state index in [4.69, 9.17) is 22.1 Å². The topological polar surface area (TPSA) is 35.2 Å². The Labute approximate surface area is 116 Å². The van der Waals surface area contributed by atoms with Crippen molar-refractivity contribution in [1.29, 1.82) is 0 Å². The molecule has 2 N–H and O–H groups in total. The first-order valence-electron chi connectivity index (χ1n) is 5.84. The molecule has 2 nitrogen and oxygen atoms in total. The summed E-state index contributed by atoms with van der Waals surface area (Å²) in [7, 11) is 0. The summed E-state index contributed by atoms with van der Waals surface area (Å²) in [6, 6.07) is 5.91. The lowest BCUT2D eigenvalue weighted by Gasteiger charge is -2.37. The second-order valence-corrected chi connectivity index (χ2v) is 6.12. The van der Waals surface area contributed by atoms with E-state index in [1.165, 1.54) is 0 Å². The van der Waals surface area contributed by atoms with E-state index in [1.54, 1.807) is 0 Å². The molecular weight excluding hydrogens is 302 g/mol. The summed E-state index contributed by atoms with van der Waals surface area (Å²) < 4.78 is 6.36. The fourth-order valence-electron chi connectivity index (χ4n) is 2.44. The minimum atomic E-state index is -0.387. The molecule has 1 atom stereocenters. The summed E-state index contributed by atoms with van der Waals surface area (Å²) in [5.41, 5.74) is 7.14. The van der Waals surface area contributed by atoms with Gasteiger partial charge in [0.2, 0.25) is 0 Å². The molecule has 17 heavy (non-hydrogen) atoms. The van der Waals surface area contributed by atoms with E-state index >= 15 is 0 Å². The number of benzene rings is 1. The van der Waals surface area contributed by atoms with Gasteiger partial charge >= 0.3 is 0 Å². The standard InChI is InChI=1S/C13H17BrClNO/c1-13(16,9-4-6-17-7-5-9)11-3-2-10(14)8-12(11)15/h2-3,8-9H,4-7,16H2,1H3. The lowest BCUT2D eigenvalue weighted by molar-refractivity contribution is 0.0412. The smallest absolute Gasteiger partial charge is 0.0469 e. The van der Waals surface area contributed by atoms with Gasteiger partial charge in [0.25, 0.3) is 0 Å². The molecule has 0 spiro atoms. The third-order valence-corrected chi connectivity index (χ3v) is 4.39. The van der Waals surface area contributed by atoms with Crippen LogP contribution in [0, 0.1) is 5.92 Å². The van der Waals surface area contributed by atoms with Gasteiger partial charge in [-0.25, -0.2) is 0 Å². The molecule has 0 aliphatic carbocycles. The molecule has 1 aromatic rings. The van der Waals surface area contributed by atoms with Crippen LogP contribution in [0.25, 0.3) is 0 Å². The molecule has 1 aromatic carbocycles. The van der Waals surface area contributed by atoms with Crippen LogP contribution in [0.2, 0.25) is 5.02 Å². The van der Waals surface area contributed by atoms with Crippen molar-refractivity contribution in [2.45, 2.75) is 25.3 Å². The van der Waals surface area contributed by atoms with E-state index in [1.807, 2.05) is 18.2 Å². The molecule has 0 radical (unpaired) electrons. The minimum Gasteiger partial charge on any atom is -0.381 e. The summed E-state index contributed by atoms with van der Waals surface area (Å²) in [6.45, 7) is 3.66. The Morgan fingerprint density at radius 3 is 2.65 bits per heavy atom. The van der Waals surface area contributed by atoms with Crippen molar-refractivity contribution < 1.29 is 4.74 Å². The van der Waals surface area contributed by atoms with Crippen LogP contribution < -0.4 is 5.73 Å². The molecule has 94 valence electrons. The van der Waals surface area contributed by atoms with Gasteiger partial charge in [-0.1, -0.05) is 33.6 Å². The maximum Gasteiger partial charge on any atom is 0.0469 e. The van der Waals surface area contributed by atoms with Gasteiger partial charge < -0.3 is 10.5 Å². The molecule has 1 fully saturated rings. The second-order valence-electron chi connectivity index (χ2n) is 4.79. The van der Waals surface area contributed by atoms with E-state index in [0.717, 1.165) is 41.1 Å². The summed E-state index contributed by atoms with van der Waals surface area (Å²) >= 11 is 9.71. The molecule has 1 saturated heterocycles. The number of nitrogens with two attached hydrogens (primary N) is 1. The highest BCUT2D eigenvalue weighted by Crippen LogP contribution is 2.37. The van der Waals surface area contributed by atoms with Gasteiger partial charge in [0, 0.05) is 28.2 Å². The zero-order valence-electron chi connectivity index (χ0n) is 9.88. The van der Waals surface area contributed by atoms with Gasteiger partial charge in [0.05, 0.1) is 0 Å². The Bertz CT molecular complexity index is 402. The van der Waals surface area contributed by atoms with Crippen LogP contribution in [-0.4, -0.2) is 13.2 Å². The monoisotopic (exact) mass is 317 g/mol. The van der Waals surface area contributed by atoms with E-state index in [9.17, 15) is 0 Å². The fraction of sp³-hybridized carbons (Fsp3) is 0.538. The van der Waals surface area contributed by atoms with Crippen molar-refractivity contribution in [2.75, 3.05) is 13.2 Å². The maximum absolute atomic E-state index is 6.51. The van der Waals surface area contributed by atoms with Crippen molar-refractivity contribution in [2.24, 2.45) is 11.7 Å². The van der Waals surface area contributed by atoms with Crippen LogP contribution in [0.1, 0.15) is 25.3 Å². The summed E-state index contributed by atoms with van der Waals surface area (Å²) in [5, 5.41) is 0.732. The number of ether oxygens (including phenoxy) is 1. The zero-order valence-corrected chi connectivity index (χ0v) is 12.2. The lowest BCUT2D eigenvalue weighted by Crippen LogP contribution is -2.44. The van der Waals surface area contributed by atoms with Crippen molar-refractivity contribution in [1.82, 2.24) is 0 Å². The van der Waals surface area contributed by atoms with Crippen molar-refractivity contribution >= 4 is 27.5 Å². The SMILES string of the molecule is CC(N)(c1ccc(Br)cc1Cl)C1CCOCC1. The van der Waals surface area contributed by atoms with Gasteiger partial charge in [-0.3, -0.25) is 0 Å². The van der Waals surface area contributed by atoms with Gasteiger partial charge in [-0.2, -0.15) is 0 Å². The Balaban J connectivity index is 2.29. The lowest BCUT2D eigenvalue weighted by atomic mass is 9.76. The predicted molar refractivity (Wildman–Crippen MR) is 74.2 cm³/mol. The van der Waals surface area contributed by atoms with Gasteiger partial charge in [-0.05, 0) is 43.4 Å². The highest BCUT2D eigenvalue weighted by Gasteiger charge is 2.34. The van der Waals surface area contributed by atoms with Crippen LogP contribution in [0.3, 0.4) is 0 Å². The molecule has 0 saturated carbocycles. The molecule has 0 amide bonds. The van der Waals surface area contributed by atoms with Crippen LogP contribution in [-0.2, 0) is 10.3 Å². The molecule has 2 rings (SSSR count). The van der Waals surface area contributed by atoms with E-state index < -0.39 is 0 Å². The largest absolute Gasteiger partial charge is 0.381 e. The Kier molecular flexibility index (Phi) is 4.14. The molecule has 1 aliphatic rings. The third kappa shape index (κ3) is 2.84. The molecular formula is C13H17BrClNO. The van der Waals surface area contributed by atoms with Crippen molar-refractivity contribution in [3.8, 4) is 0 Å². The maximum atomic E-state index is 6.51. The van der Waals surface area contributed by atoms with Crippen molar-refractivity contribution in [3.05, 3.63) is 33.3 Å². The van der Waals surface area contributed by atoms with Crippen LogP contribution in [0.15, 0.2) is 22.7 Å². The molecule has 1 unspecified atom stereocenters. The molecule has 4 heteroatoms. The fourth-order valence-corrected chi connectivity index (χ4v) is 3.32. The van der Waals surface area contributed by atoms with Crippen LogP contribution in [0.4, 0.5) is 0 Å². The number of hydrogen-bond acceptors (Lipinski definition) is 2. The van der Waals surface area contributed by atoms with Crippen molar-refractivity contribution in [3.63, 3.8) is 0 Å². The summed E-state index contributed by atoms with van der Waals surface area (Å²) in [4.78, 5) is 0. The Morgan fingerprint density at radius 2 is 2.06 bits per heavy atom. The quantitative estimate of drug-likeness (QED) is 0.902. The van der Waals surface area contributed by atoms with Crippen LogP contribution >= 0.6 is 27.5 Å².